The Morgan fingerprint density at radius 2 is 0.971 bits per heavy atom. The average molecular weight is 467 g/mol. The summed E-state index contributed by atoms with van der Waals surface area (Å²) in [5, 5.41) is 35.3. The highest BCUT2D eigenvalue weighted by Crippen LogP contribution is 2.23. The molecule has 0 bridgehead atoms. The van der Waals surface area contributed by atoms with Crippen molar-refractivity contribution in [3.05, 3.63) is 103 Å². The average Bonchev–Trinajstić information content (AvgIpc) is 2.86. The first-order chi connectivity index (χ1) is 16.4. The summed E-state index contributed by atoms with van der Waals surface area (Å²) in [5.74, 6) is 2.94. The van der Waals surface area contributed by atoms with E-state index in [4.69, 9.17) is 34.6 Å². The summed E-state index contributed by atoms with van der Waals surface area (Å²) < 4.78 is 14.5. The largest absolute Gasteiger partial charge is 0.508 e. The van der Waals surface area contributed by atoms with E-state index < -0.39 is 0 Å². The van der Waals surface area contributed by atoms with Crippen molar-refractivity contribution in [1.29, 1.82) is 0 Å². The number of rotatable bonds is 3. The third-order valence-electron chi connectivity index (χ3n) is 3.97. The van der Waals surface area contributed by atoms with Crippen LogP contribution in [-0.2, 0) is 0 Å². The molecule has 0 saturated carbocycles. The van der Waals surface area contributed by atoms with Crippen molar-refractivity contribution in [2.24, 2.45) is 0 Å². The van der Waals surface area contributed by atoms with Crippen LogP contribution in [0.4, 0.5) is 0 Å². The molecule has 0 aliphatic rings. The molecule has 34 heavy (non-hydrogen) atoms. The van der Waals surface area contributed by atoms with Gasteiger partial charge in [-0.05, 0) is 60.7 Å². The van der Waals surface area contributed by atoms with Gasteiger partial charge < -0.3 is 34.6 Å². The Bertz CT molecular complexity index is 1050. The van der Waals surface area contributed by atoms with Gasteiger partial charge in [-0.25, -0.2) is 0 Å². The summed E-state index contributed by atoms with van der Waals surface area (Å²) in [6.07, 6.45) is 0. The van der Waals surface area contributed by atoms with Gasteiger partial charge in [0.2, 0.25) is 0 Å². The van der Waals surface area contributed by atoms with Gasteiger partial charge in [0.15, 0.2) is 11.5 Å². The Balaban J connectivity index is 0.000000228. The minimum absolute atomic E-state index is 0.181. The molecule has 0 unspecified atom stereocenters. The zero-order chi connectivity index (χ0) is 25.2. The van der Waals surface area contributed by atoms with E-state index in [9.17, 15) is 0 Å². The molecule has 0 aromatic heterocycles. The number of phenolic OH excluding ortho intramolecular Hbond substituents is 4. The van der Waals surface area contributed by atoms with Crippen molar-refractivity contribution >= 4 is 0 Å². The SMILES string of the molecule is COc1ccc(O)cc1.COc1cccc(O)c1.COc1ccccc1O.Oc1ccccc1. The molecule has 0 saturated heterocycles. The maximum absolute atomic E-state index is 8.99. The number of phenols is 4. The predicted molar refractivity (Wildman–Crippen MR) is 132 cm³/mol. The molecule has 7 nitrogen and oxygen atoms in total. The number of benzene rings is 4. The van der Waals surface area contributed by atoms with Crippen LogP contribution in [0.1, 0.15) is 0 Å². The monoisotopic (exact) mass is 466 g/mol. The highest BCUT2D eigenvalue weighted by Gasteiger charge is 1.94. The van der Waals surface area contributed by atoms with E-state index in [0.29, 0.717) is 17.2 Å². The second-order valence-electron chi connectivity index (χ2n) is 6.41. The number of hydrogen-bond donors (Lipinski definition) is 4. The van der Waals surface area contributed by atoms with Gasteiger partial charge >= 0.3 is 0 Å². The summed E-state index contributed by atoms with van der Waals surface area (Å²) in [4.78, 5) is 0. The fourth-order valence-corrected chi connectivity index (χ4v) is 2.25. The second kappa shape index (κ2) is 16.2. The lowest BCUT2D eigenvalue weighted by Gasteiger charge is -1.99. The normalized spacial score (nSPS) is 8.91. The minimum atomic E-state index is 0.181. The summed E-state index contributed by atoms with van der Waals surface area (Å²) in [6, 6.07) is 28.8. The van der Waals surface area contributed by atoms with E-state index in [2.05, 4.69) is 0 Å². The number of ether oxygens (including phenoxy) is 3. The highest BCUT2D eigenvalue weighted by molar-refractivity contribution is 5.37. The number of aromatic hydroxyl groups is 4. The lowest BCUT2D eigenvalue weighted by molar-refractivity contribution is 0.373. The van der Waals surface area contributed by atoms with Gasteiger partial charge in [-0.3, -0.25) is 0 Å². The third kappa shape index (κ3) is 11.8. The fourth-order valence-electron chi connectivity index (χ4n) is 2.25. The van der Waals surface area contributed by atoms with E-state index in [1.54, 1.807) is 111 Å². The Morgan fingerprint density at radius 1 is 0.441 bits per heavy atom. The molecule has 0 radical (unpaired) electrons. The van der Waals surface area contributed by atoms with Gasteiger partial charge in [0.1, 0.15) is 28.7 Å². The zero-order valence-corrected chi connectivity index (χ0v) is 19.3. The Kier molecular flexibility index (Phi) is 13.1. The molecule has 7 heteroatoms. The van der Waals surface area contributed by atoms with Crippen molar-refractivity contribution in [1.82, 2.24) is 0 Å². The molecule has 180 valence electrons. The molecule has 0 atom stereocenters. The van der Waals surface area contributed by atoms with Crippen molar-refractivity contribution in [3.63, 3.8) is 0 Å². The Morgan fingerprint density at radius 3 is 1.38 bits per heavy atom. The Hall–Kier alpha value is -4.52. The maximum atomic E-state index is 8.99. The molecule has 4 aromatic rings. The first-order valence-electron chi connectivity index (χ1n) is 10.1. The maximum Gasteiger partial charge on any atom is 0.160 e. The van der Waals surface area contributed by atoms with Gasteiger partial charge in [-0.2, -0.15) is 0 Å². The molecule has 0 aliphatic heterocycles. The first-order valence-corrected chi connectivity index (χ1v) is 10.1. The standard InChI is InChI=1S/3C7H8O2.C6H6O/c1-9-7-4-2-6(8)3-5-7;1-9-7-4-2-3-6(8)5-7;1-9-7-5-3-2-4-6(7)8;7-6-4-2-1-3-5-6/h3*2-5,8H,1H3;1-5,7H. The van der Waals surface area contributed by atoms with E-state index in [1.807, 2.05) is 6.07 Å². The topological polar surface area (TPSA) is 109 Å². The molecule has 0 aliphatic carbocycles. The molecule has 4 rings (SSSR count). The molecule has 0 fully saturated rings. The summed E-state index contributed by atoms with van der Waals surface area (Å²) in [5.41, 5.74) is 0. The van der Waals surface area contributed by atoms with Crippen molar-refractivity contribution < 1.29 is 34.6 Å². The van der Waals surface area contributed by atoms with E-state index in [-0.39, 0.29) is 17.2 Å². The molecule has 0 amide bonds. The summed E-state index contributed by atoms with van der Waals surface area (Å²) in [7, 11) is 4.68. The van der Waals surface area contributed by atoms with Gasteiger partial charge in [-0.1, -0.05) is 36.4 Å². The van der Waals surface area contributed by atoms with Crippen LogP contribution in [0, 0.1) is 0 Å². The minimum Gasteiger partial charge on any atom is -0.508 e. The predicted octanol–water partition coefficient (Wildman–Crippen LogP) is 5.59. The van der Waals surface area contributed by atoms with E-state index in [0.717, 1.165) is 5.75 Å². The highest BCUT2D eigenvalue weighted by atomic mass is 16.5. The Labute approximate surface area is 199 Å². The summed E-state index contributed by atoms with van der Waals surface area (Å²) >= 11 is 0. The number of methoxy groups -OCH3 is 3. The van der Waals surface area contributed by atoms with Crippen molar-refractivity contribution in [2.75, 3.05) is 21.3 Å². The quantitative estimate of drug-likeness (QED) is 0.311. The molecule has 4 aromatic carbocycles. The van der Waals surface area contributed by atoms with Crippen LogP contribution < -0.4 is 14.2 Å². The van der Waals surface area contributed by atoms with Crippen LogP contribution in [0.15, 0.2) is 103 Å². The van der Waals surface area contributed by atoms with Crippen molar-refractivity contribution in [2.45, 2.75) is 0 Å². The van der Waals surface area contributed by atoms with E-state index in [1.165, 1.54) is 7.11 Å². The van der Waals surface area contributed by atoms with Crippen LogP contribution in [-0.4, -0.2) is 41.8 Å². The lowest BCUT2D eigenvalue weighted by atomic mass is 10.3. The van der Waals surface area contributed by atoms with E-state index >= 15 is 0 Å². The fraction of sp³-hybridized carbons (Fsp3) is 0.111. The lowest BCUT2D eigenvalue weighted by Crippen LogP contribution is -1.80. The van der Waals surface area contributed by atoms with Crippen LogP contribution in [0.2, 0.25) is 0 Å². The number of hydrogen-bond acceptors (Lipinski definition) is 7. The first kappa shape index (κ1) is 27.5. The van der Waals surface area contributed by atoms with Crippen molar-refractivity contribution in [3.8, 4) is 40.2 Å². The number of para-hydroxylation sites is 3. The van der Waals surface area contributed by atoms with Crippen LogP contribution in [0.3, 0.4) is 0 Å². The van der Waals surface area contributed by atoms with Gasteiger partial charge in [0, 0.05) is 6.07 Å². The van der Waals surface area contributed by atoms with Crippen LogP contribution in [0.25, 0.3) is 0 Å². The van der Waals surface area contributed by atoms with Gasteiger partial charge in [0.05, 0.1) is 21.3 Å². The van der Waals surface area contributed by atoms with Gasteiger partial charge in [-0.15, -0.1) is 0 Å². The molecule has 0 spiro atoms. The van der Waals surface area contributed by atoms with Gasteiger partial charge in [0.25, 0.3) is 0 Å². The second-order valence-corrected chi connectivity index (χ2v) is 6.41. The van der Waals surface area contributed by atoms with Crippen LogP contribution >= 0.6 is 0 Å². The zero-order valence-electron chi connectivity index (χ0n) is 19.3. The molecular weight excluding hydrogens is 436 g/mol. The summed E-state index contributed by atoms with van der Waals surface area (Å²) in [6.45, 7) is 0. The molecule has 0 heterocycles. The molecular formula is C27H30O7. The van der Waals surface area contributed by atoms with Crippen LogP contribution in [0.5, 0.6) is 40.2 Å². The molecule has 4 N–H and O–H groups in total. The third-order valence-corrected chi connectivity index (χ3v) is 3.97. The smallest absolute Gasteiger partial charge is 0.160 e.